The number of phosphoric acid groups is 1. The van der Waals surface area contributed by atoms with Crippen LogP contribution in [0.2, 0.25) is 0 Å². The Morgan fingerprint density at radius 3 is 1.52 bits per heavy atom. The van der Waals surface area contributed by atoms with E-state index in [0.29, 0.717) is 17.4 Å². The van der Waals surface area contributed by atoms with Crippen LogP contribution >= 0.6 is 7.82 Å². The average molecular weight is 811 g/mol. The van der Waals surface area contributed by atoms with E-state index in [2.05, 4.69) is 62.5 Å². The molecule has 0 aliphatic heterocycles. The number of ether oxygens (including phenoxy) is 2. The Morgan fingerprint density at radius 2 is 1.02 bits per heavy atom. The number of esters is 2. The fraction of sp³-hybridized carbons (Fsp3) is 0.783. The third-order valence-electron chi connectivity index (χ3n) is 9.37. The summed E-state index contributed by atoms with van der Waals surface area (Å²) in [7, 11) is 1.45. The van der Waals surface area contributed by atoms with E-state index in [0.717, 1.165) is 57.8 Å². The Hall–Kier alpha value is -2.03. The Bertz CT molecular complexity index is 1100. The van der Waals surface area contributed by atoms with Crippen LogP contribution in [0.25, 0.3) is 0 Å². The third kappa shape index (κ3) is 41.6. The quantitative estimate of drug-likeness (QED) is 0.0214. The van der Waals surface area contributed by atoms with Gasteiger partial charge in [0, 0.05) is 12.8 Å². The fourth-order valence-corrected chi connectivity index (χ4v) is 6.63. The molecule has 2 unspecified atom stereocenters. The molecule has 0 aromatic rings. The van der Waals surface area contributed by atoms with Crippen molar-refractivity contribution in [1.82, 2.24) is 0 Å². The standard InChI is InChI=1S/C46H84NO8P/c1-6-8-10-12-14-16-18-20-22-23-25-26-28-30-32-34-36-38-45(48)52-42-44(43-54-56(50,51)53-41-40-47(3,4)5)55-46(49)39-37-35-33-31-29-27-24-21-19-17-15-13-11-9-7-2/h9,11,15,17,21,24,29,31,44H,6-8,10,12-14,16,18-20,22-23,25-28,30,32-43H2,1-5H3/p+1/b11-9-,17-15-,24-21-,31-29-. The molecule has 10 heteroatoms. The number of likely N-dealkylation sites (N-methyl/N-ethyl adjacent to an activating group) is 1. The number of hydrogen-bond acceptors (Lipinski definition) is 7. The molecule has 0 bridgehead atoms. The minimum absolute atomic E-state index is 0.0232. The van der Waals surface area contributed by atoms with Gasteiger partial charge in [-0.1, -0.05) is 165 Å². The lowest BCUT2D eigenvalue weighted by Gasteiger charge is -2.24. The summed E-state index contributed by atoms with van der Waals surface area (Å²) in [6.45, 7) is 4.26. The molecule has 0 aromatic heterocycles. The van der Waals surface area contributed by atoms with Gasteiger partial charge in [0.05, 0.1) is 27.7 Å². The zero-order valence-electron chi connectivity index (χ0n) is 36.6. The van der Waals surface area contributed by atoms with E-state index in [4.69, 9.17) is 18.5 Å². The number of nitrogens with zero attached hydrogens (tertiary/aromatic N) is 1. The number of phosphoric ester groups is 1. The second kappa shape index (κ2) is 38.5. The number of quaternary nitrogens is 1. The van der Waals surface area contributed by atoms with Crippen molar-refractivity contribution in [1.29, 1.82) is 0 Å². The number of allylic oxidation sites excluding steroid dienone is 8. The minimum atomic E-state index is -4.39. The van der Waals surface area contributed by atoms with Crippen LogP contribution in [0.3, 0.4) is 0 Å². The molecule has 326 valence electrons. The summed E-state index contributed by atoms with van der Waals surface area (Å²) in [6, 6.07) is 0. The molecule has 56 heavy (non-hydrogen) atoms. The topological polar surface area (TPSA) is 108 Å². The summed E-state index contributed by atoms with van der Waals surface area (Å²) in [5.41, 5.74) is 0. The molecule has 0 aromatic carbocycles. The summed E-state index contributed by atoms with van der Waals surface area (Å²) in [4.78, 5) is 35.4. The molecule has 0 aliphatic carbocycles. The van der Waals surface area contributed by atoms with Crippen molar-refractivity contribution in [2.24, 2.45) is 0 Å². The predicted octanol–water partition coefficient (Wildman–Crippen LogP) is 12.7. The number of hydrogen-bond donors (Lipinski definition) is 1. The monoisotopic (exact) mass is 811 g/mol. The van der Waals surface area contributed by atoms with Gasteiger partial charge in [-0.05, 0) is 51.4 Å². The molecule has 0 amide bonds. The molecule has 0 saturated carbocycles. The highest BCUT2D eigenvalue weighted by atomic mass is 31.2. The van der Waals surface area contributed by atoms with Crippen LogP contribution in [0.15, 0.2) is 48.6 Å². The molecule has 0 spiro atoms. The molecule has 0 aliphatic rings. The highest BCUT2D eigenvalue weighted by Gasteiger charge is 2.27. The first-order chi connectivity index (χ1) is 27.0. The van der Waals surface area contributed by atoms with Gasteiger partial charge < -0.3 is 18.9 Å². The van der Waals surface area contributed by atoms with E-state index >= 15 is 0 Å². The van der Waals surface area contributed by atoms with E-state index in [1.54, 1.807) is 0 Å². The molecule has 0 saturated heterocycles. The summed E-state index contributed by atoms with van der Waals surface area (Å²) in [5, 5.41) is 0. The summed E-state index contributed by atoms with van der Waals surface area (Å²) in [5.74, 6) is -0.844. The van der Waals surface area contributed by atoms with Crippen molar-refractivity contribution >= 4 is 19.8 Å². The predicted molar refractivity (Wildman–Crippen MR) is 233 cm³/mol. The third-order valence-corrected chi connectivity index (χ3v) is 10.4. The van der Waals surface area contributed by atoms with E-state index in [9.17, 15) is 19.0 Å². The molecule has 0 heterocycles. The van der Waals surface area contributed by atoms with Crippen LogP contribution in [0, 0.1) is 0 Å². The van der Waals surface area contributed by atoms with Crippen LogP contribution in [0.4, 0.5) is 0 Å². The van der Waals surface area contributed by atoms with Crippen LogP contribution < -0.4 is 0 Å². The summed E-state index contributed by atoms with van der Waals surface area (Å²) >= 11 is 0. The van der Waals surface area contributed by atoms with Crippen LogP contribution in [0.1, 0.15) is 181 Å². The van der Waals surface area contributed by atoms with Crippen LogP contribution in [-0.2, 0) is 32.7 Å². The number of rotatable bonds is 40. The van der Waals surface area contributed by atoms with Crippen LogP contribution in [0.5, 0.6) is 0 Å². The van der Waals surface area contributed by atoms with E-state index in [1.807, 2.05) is 21.1 Å². The van der Waals surface area contributed by atoms with Crippen molar-refractivity contribution in [3.05, 3.63) is 48.6 Å². The van der Waals surface area contributed by atoms with Gasteiger partial charge in [-0.3, -0.25) is 18.6 Å². The SMILES string of the molecule is CC/C=C\C/C=C\C/C=C\C/C=C\CCCCC(=O)OC(COC(=O)CCCCCCCCCCCCCCCCCCC)COP(=O)(O)OCC[N+](C)(C)C. The molecule has 9 nitrogen and oxygen atoms in total. The smallest absolute Gasteiger partial charge is 0.462 e. The average Bonchev–Trinajstić information content (AvgIpc) is 3.15. The number of unbranched alkanes of at least 4 members (excludes halogenated alkanes) is 18. The molecular weight excluding hydrogens is 725 g/mol. The maximum atomic E-state index is 12.7. The molecule has 0 radical (unpaired) electrons. The lowest BCUT2D eigenvalue weighted by Crippen LogP contribution is -2.37. The van der Waals surface area contributed by atoms with Gasteiger partial charge in [-0.2, -0.15) is 0 Å². The molecular formula is C46H85NO8P+. The van der Waals surface area contributed by atoms with Gasteiger partial charge in [0.25, 0.3) is 0 Å². The highest BCUT2D eigenvalue weighted by Crippen LogP contribution is 2.43. The maximum absolute atomic E-state index is 12.7. The van der Waals surface area contributed by atoms with Gasteiger partial charge in [0.15, 0.2) is 6.10 Å². The van der Waals surface area contributed by atoms with Gasteiger partial charge in [0.2, 0.25) is 0 Å². The second-order valence-corrected chi connectivity index (χ2v) is 17.5. The fourth-order valence-electron chi connectivity index (χ4n) is 5.89. The number of carbonyl (C=O) groups excluding carboxylic acids is 2. The normalized spacial score (nSPS) is 14.0. The Kier molecular flexibility index (Phi) is 37.1. The molecule has 2 atom stereocenters. The maximum Gasteiger partial charge on any atom is 0.472 e. The zero-order valence-corrected chi connectivity index (χ0v) is 37.5. The van der Waals surface area contributed by atoms with Gasteiger partial charge in [-0.25, -0.2) is 4.57 Å². The zero-order chi connectivity index (χ0) is 41.4. The van der Waals surface area contributed by atoms with Gasteiger partial charge in [-0.15, -0.1) is 0 Å². The van der Waals surface area contributed by atoms with Gasteiger partial charge in [0.1, 0.15) is 19.8 Å². The Labute approximate surface area is 343 Å². The lowest BCUT2D eigenvalue weighted by molar-refractivity contribution is -0.870. The second-order valence-electron chi connectivity index (χ2n) is 16.1. The summed E-state index contributed by atoms with van der Waals surface area (Å²) in [6.07, 6.45) is 44.5. The van der Waals surface area contributed by atoms with Crippen molar-refractivity contribution in [2.45, 2.75) is 187 Å². The van der Waals surface area contributed by atoms with Gasteiger partial charge >= 0.3 is 19.8 Å². The Morgan fingerprint density at radius 1 is 0.571 bits per heavy atom. The van der Waals surface area contributed by atoms with E-state index in [1.165, 1.54) is 89.9 Å². The molecule has 1 N–H and O–H groups in total. The van der Waals surface area contributed by atoms with Crippen molar-refractivity contribution in [2.75, 3.05) is 47.5 Å². The van der Waals surface area contributed by atoms with E-state index in [-0.39, 0.29) is 32.0 Å². The first-order valence-electron chi connectivity index (χ1n) is 22.4. The van der Waals surface area contributed by atoms with Crippen molar-refractivity contribution in [3.8, 4) is 0 Å². The van der Waals surface area contributed by atoms with Crippen molar-refractivity contribution < 1.29 is 42.1 Å². The largest absolute Gasteiger partial charge is 0.472 e. The lowest BCUT2D eigenvalue weighted by atomic mass is 10.0. The first kappa shape index (κ1) is 54.0. The van der Waals surface area contributed by atoms with Crippen molar-refractivity contribution in [3.63, 3.8) is 0 Å². The summed E-state index contributed by atoms with van der Waals surface area (Å²) < 4.78 is 34.3. The Balaban J connectivity index is 4.39. The highest BCUT2D eigenvalue weighted by molar-refractivity contribution is 7.47. The van der Waals surface area contributed by atoms with E-state index < -0.39 is 26.5 Å². The minimum Gasteiger partial charge on any atom is -0.462 e. The molecule has 0 rings (SSSR count). The number of carbonyl (C=O) groups is 2. The first-order valence-corrected chi connectivity index (χ1v) is 23.9. The van der Waals surface area contributed by atoms with Crippen LogP contribution in [-0.4, -0.2) is 74.9 Å². The molecule has 0 fully saturated rings.